The maximum Gasteiger partial charge on any atom is 0.223 e. The van der Waals surface area contributed by atoms with Crippen LogP contribution in [0.4, 0.5) is 0 Å². The summed E-state index contributed by atoms with van der Waals surface area (Å²) in [6.07, 6.45) is 7.18. The molecule has 0 radical (unpaired) electrons. The van der Waals surface area contributed by atoms with Crippen molar-refractivity contribution in [2.75, 3.05) is 6.61 Å². The van der Waals surface area contributed by atoms with Crippen LogP contribution in [-0.2, 0) is 21.6 Å². The Bertz CT molecular complexity index is 1050. The van der Waals surface area contributed by atoms with E-state index in [1.54, 1.807) is 0 Å². The van der Waals surface area contributed by atoms with Gasteiger partial charge >= 0.3 is 0 Å². The van der Waals surface area contributed by atoms with Crippen LogP contribution in [0.2, 0.25) is 0 Å². The molecule has 5 rings (SSSR count). The van der Waals surface area contributed by atoms with Crippen LogP contribution in [0.15, 0.2) is 54.6 Å². The molecule has 31 heavy (non-hydrogen) atoms. The molecule has 162 valence electrons. The largest absolute Gasteiger partial charge is 0.366 e. The lowest BCUT2D eigenvalue weighted by Gasteiger charge is -2.43. The highest BCUT2D eigenvalue weighted by Gasteiger charge is 2.47. The topological polar surface area (TPSA) is 54.1 Å². The summed E-state index contributed by atoms with van der Waals surface area (Å²) < 4.78 is 6.63. The van der Waals surface area contributed by atoms with Crippen molar-refractivity contribution in [3.8, 4) is 0 Å². The smallest absolute Gasteiger partial charge is 0.223 e. The molecule has 1 aliphatic carbocycles. The van der Waals surface area contributed by atoms with E-state index in [0.717, 1.165) is 55.3 Å². The zero-order valence-corrected chi connectivity index (χ0v) is 18.3. The molecule has 1 aliphatic heterocycles. The number of aromatic amines is 1. The fraction of sp³-hybridized carbons (Fsp3) is 0.444. The Hall–Kier alpha value is -2.59. The third kappa shape index (κ3) is 3.57. The number of H-pyrrole nitrogens is 1. The first-order valence-electron chi connectivity index (χ1n) is 11.8. The Morgan fingerprint density at radius 1 is 1.10 bits per heavy atom. The van der Waals surface area contributed by atoms with Gasteiger partial charge in [0.2, 0.25) is 5.91 Å². The van der Waals surface area contributed by atoms with Gasteiger partial charge in [-0.2, -0.15) is 0 Å². The predicted octanol–water partition coefficient (Wildman–Crippen LogP) is 5.78. The van der Waals surface area contributed by atoms with E-state index in [9.17, 15) is 4.79 Å². The SMILES string of the molecule is CCC1(C(NC(=O)C2CCCCC2)c2ccccc2)OCCc2c1[nH]c1ccccc21. The lowest BCUT2D eigenvalue weighted by atomic mass is 9.79. The van der Waals surface area contributed by atoms with Crippen molar-refractivity contribution in [3.63, 3.8) is 0 Å². The number of nitrogens with one attached hydrogen (secondary N) is 2. The average molecular weight is 417 g/mol. The second-order valence-electron chi connectivity index (χ2n) is 9.05. The van der Waals surface area contributed by atoms with Gasteiger partial charge in [-0.1, -0.05) is 74.7 Å². The number of benzene rings is 2. The van der Waals surface area contributed by atoms with Gasteiger partial charge in [0.15, 0.2) is 0 Å². The standard InChI is InChI=1S/C27H32N2O2/c1-2-27(25-22(17-18-31-27)21-15-9-10-16-23(21)28-25)24(19-11-5-3-6-12-19)29-26(30)20-13-7-4-8-14-20/h3,5-6,9-12,15-16,20,24,28H,2,4,7-8,13-14,17-18H2,1H3,(H,29,30). The molecule has 2 unspecified atom stereocenters. The second-order valence-corrected chi connectivity index (χ2v) is 9.05. The van der Waals surface area contributed by atoms with E-state index in [1.807, 2.05) is 18.2 Å². The first kappa shape index (κ1) is 20.3. The van der Waals surface area contributed by atoms with Crippen molar-refractivity contribution in [3.05, 3.63) is 71.4 Å². The van der Waals surface area contributed by atoms with Gasteiger partial charge in [0, 0.05) is 16.8 Å². The fourth-order valence-corrected chi connectivity index (χ4v) is 5.68. The quantitative estimate of drug-likeness (QED) is 0.554. The summed E-state index contributed by atoms with van der Waals surface area (Å²) in [5.74, 6) is 0.285. The molecule has 0 saturated heterocycles. The van der Waals surface area contributed by atoms with Crippen LogP contribution in [0, 0.1) is 5.92 Å². The zero-order chi connectivity index (χ0) is 21.3. The van der Waals surface area contributed by atoms with Crippen LogP contribution < -0.4 is 5.32 Å². The minimum atomic E-state index is -0.613. The maximum atomic E-state index is 13.4. The van der Waals surface area contributed by atoms with Gasteiger partial charge in [-0.3, -0.25) is 4.79 Å². The number of ether oxygens (including phenoxy) is 1. The van der Waals surface area contributed by atoms with Gasteiger partial charge in [-0.15, -0.1) is 0 Å². The zero-order valence-electron chi connectivity index (χ0n) is 18.3. The molecule has 2 aromatic carbocycles. The minimum absolute atomic E-state index is 0.111. The number of rotatable bonds is 5. The van der Waals surface area contributed by atoms with Gasteiger partial charge in [0.05, 0.1) is 18.3 Å². The third-order valence-electron chi connectivity index (χ3n) is 7.34. The highest BCUT2D eigenvalue weighted by molar-refractivity contribution is 5.85. The van der Waals surface area contributed by atoms with E-state index in [1.165, 1.54) is 17.4 Å². The molecule has 0 spiro atoms. The first-order valence-corrected chi connectivity index (χ1v) is 11.8. The molecular weight excluding hydrogens is 384 g/mol. The summed E-state index contributed by atoms with van der Waals surface area (Å²) in [7, 11) is 0. The predicted molar refractivity (Wildman–Crippen MR) is 124 cm³/mol. The number of amides is 1. The Labute approximate surface area is 184 Å². The summed E-state index contributed by atoms with van der Waals surface area (Å²) in [5, 5.41) is 4.73. The van der Waals surface area contributed by atoms with Crippen LogP contribution >= 0.6 is 0 Å². The summed E-state index contributed by atoms with van der Waals surface area (Å²) in [4.78, 5) is 17.1. The molecule has 2 aliphatic rings. The van der Waals surface area contributed by atoms with Crippen LogP contribution in [0.1, 0.15) is 68.3 Å². The molecule has 2 heterocycles. The number of carbonyl (C=O) groups is 1. The number of para-hydroxylation sites is 1. The number of aromatic nitrogens is 1. The van der Waals surface area contributed by atoms with Crippen molar-refractivity contribution >= 4 is 16.8 Å². The van der Waals surface area contributed by atoms with Crippen molar-refractivity contribution in [2.45, 2.75) is 63.5 Å². The first-order chi connectivity index (χ1) is 15.2. The monoisotopic (exact) mass is 416 g/mol. The number of carbonyl (C=O) groups excluding carboxylic acids is 1. The van der Waals surface area contributed by atoms with Crippen molar-refractivity contribution < 1.29 is 9.53 Å². The molecule has 3 aromatic rings. The Morgan fingerprint density at radius 2 is 1.84 bits per heavy atom. The molecule has 4 nitrogen and oxygen atoms in total. The van der Waals surface area contributed by atoms with Gasteiger partial charge < -0.3 is 15.0 Å². The van der Waals surface area contributed by atoms with Gasteiger partial charge in [0.25, 0.3) is 0 Å². The van der Waals surface area contributed by atoms with Crippen LogP contribution in [-0.4, -0.2) is 17.5 Å². The molecule has 4 heteroatoms. The second kappa shape index (κ2) is 8.51. The lowest BCUT2D eigenvalue weighted by Crippen LogP contribution is -2.49. The van der Waals surface area contributed by atoms with Crippen LogP contribution in [0.5, 0.6) is 0 Å². The van der Waals surface area contributed by atoms with E-state index in [-0.39, 0.29) is 17.9 Å². The molecule has 2 atom stereocenters. The van der Waals surface area contributed by atoms with E-state index >= 15 is 0 Å². The Morgan fingerprint density at radius 3 is 2.61 bits per heavy atom. The highest BCUT2D eigenvalue weighted by Crippen LogP contribution is 2.47. The number of hydrogen-bond donors (Lipinski definition) is 2. The Balaban J connectivity index is 1.60. The van der Waals surface area contributed by atoms with Crippen molar-refractivity contribution in [2.24, 2.45) is 5.92 Å². The maximum absolute atomic E-state index is 13.4. The van der Waals surface area contributed by atoms with E-state index in [2.05, 4.69) is 53.6 Å². The molecule has 1 aromatic heterocycles. The van der Waals surface area contributed by atoms with Crippen LogP contribution in [0.25, 0.3) is 10.9 Å². The lowest BCUT2D eigenvalue weighted by molar-refractivity contribution is -0.134. The normalized spacial score (nSPS) is 22.7. The van der Waals surface area contributed by atoms with E-state index < -0.39 is 5.60 Å². The molecule has 1 amide bonds. The number of hydrogen-bond acceptors (Lipinski definition) is 2. The van der Waals surface area contributed by atoms with Gasteiger partial charge in [-0.05, 0) is 42.9 Å². The minimum Gasteiger partial charge on any atom is -0.366 e. The van der Waals surface area contributed by atoms with Gasteiger partial charge in [0.1, 0.15) is 5.60 Å². The van der Waals surface area contributed by atoms with E-state index in [0.29, 0.717) is 6.61 Å². The summed E-state index contributed by atoms with van der Waals surface area (Å²) in [5.41, 5.74) is 4.08. The third-order valence-corrected chi connectivity index (χ3v) is 7.34. The molecule has 0 bridgehead atoms. The molecule has 2 N–H and O–H groups in total. The van der Waals surface area contributed by atoms with E-state index in [4.69, 9.17) is 4.74 Å². The fourth-order valence-electron chi connectivity index (χ4n) is 5.68. The van der Waals surface area contributed by atoms with Crippen LogP contribution in [0.3, 0.4) is 0 Å². The Kier molecular flexibility index (Phi) is 5.58. The molecule has 1 fully saturated rings. The van der Waals surface area contributed by atoms with Gasteiger partial charge in [-0.25, -0.2) is 0 Å². The summed E-state index contributed by atoms with van der Waals surface area (Å²) in [6, 6.07) is 18.6. The highest BCUT2D eigenvalue weighted by atomic mass is 16.5. The molecule has 1 saturated carbocycles. The average Bonchev–Trinajstić information content (AvgIpc) is 3.23. The summed E-state index contributed by atoms with van der Waals surface area (Å²) >= 11 is 0. The van der Waals surface area contributed by atoms with Crippen molar-refractivity contribution in [1.82, 2.24) is 10.3 Å². The van der Waals surface area contributed by atoms with Crippen molar-refractivity contribution in [1.29, 1.82) is 0 Å². The summed E-state index contributed by atoms with van der Waals surface area (Å²) in [6.45, 7) is 2.83. The number of fused-ring (bicyclic) bond motifs is 3. The molecular formula is C27H32N2O2.